The number of amides is 2. The Morgan fingerprint density at radius 3 is 2.51 bits per heavy atom. The Kier molecular flexibility index (Phi) is 7.08. The van der Waals surface area contributed by atoms with Crippen molar-refractivity contribution >= 4 is 56.1 Å². The van der Waals surface area contributed by atoms with Crippen molar-refractivity contribution < 1.29 is 9.59 Å². The zero-order chi connectivity index (χ0) is 26.1. The largest absolute Gasteiger partial charge is 0.337 e. The fourth-order valence-electron chi connectivity index (χ4n) is 4.60. The van der Waals surface area contributed by atoms with Gasteiger partial charge in [0.25, 0.3) is 17.4 Å². The molecule has 2 amide bonds. The van der Waals surface area contributed by atoms with E-state index in [-0.39, 0.29) is 39.7 Å². The van der Waals surface area contributed by atoms with E-state index in [0.717, 1.165) is 18.4 Å². The maximum atomic E-state index is 13.2. The molecule has 3 heterocycles. The molecule has 0 saturated carbocycles. The highest BCUT2D eigenvalue weighted by Gasteiger charge is 2.27. The van der Waals surface area contributed by atoms with Gasteiger partial charge in [-0.2, -0.15) is 0 Å². The topological polar surface area (TPSA) is 97.2 Å². The summed E-state index contributed by atoms with van der Waals surface area (Å²) < 4.78 is 2.14. The first-order valence-corrected chi connectivity index (χ1v) is 13.0. The molecule has 188 valence electrons. The van der Waals surface area contributed by atoms with Crippen LogP contribution in [0.4, 0.5) is 5.69 Å². The molecule has 1 saturated heterocycles. The predicted octanol–water partition coefficient (Wildman–Crippen LogP) is 5.02. The molecule has 0 bridgehead atoms. The molecule has 1 N–H and O–H groups in total. The summed E-state index contributed by atoms with van der Waals surface area (Å²) >= 11 is 9.36. The van der Waals surface area contributed by atoms with Crippen LogP contribution in [0.3, 0.4) is 0 Å². The monoisotopic (exact) mass is 579 g/mol. The molecule has 1 fully saturated rings. The number of carbonyl (C=O) groups is 2. The Bertz CT molecular complexity index is 1560. The van der Waals surface area contributed by atoms with E-state index in [4.69, 9.17) is 11.6 Å². The van der Waals surface area contributed by atoms with Gasteiger partial charge in [-0.05, 0) is 70.6 Å². The van der Waals surface area contributed by atoms with E-state index >= 15 is 0 Å². The summed E-state index contributed by atoms with van der Waals surface area (Å²) in [5.41, 5.74) is 2.95. The maximum absolute atomic E-state index is 13.2. The summed E-state index contributed by atoms with van der Waals surface area (Å²) in [5, 5.41) is 2.98. The number of nitrogens with one attached hydrogen (secondary N) is 1. The van der Waals surface area contributed by atoms with Gasteiger partial charge >= 0.3 is 0 Å². The quantitative estimate of drug-likeness (QED) is 0.342. The van der Waals surface area contributed by atoms with E-state index in [2.05, 4.69) is 31.2 Å². The van der Waals surface area contributed by atoms with Crippen molar-refractivity contribution in [1.29, 1.82) is 0 Å². The average Bonchev–Trinajstić information content (AvgIpc) is 2.92. The van der Waals surface area contributed by atoms with E-state index < -0.39 is 0 Å². The molecule has 37 heavy (non-hydrogen) atoms. The number of anilines is 1. The number of aryl methyl sites for hydroxylation is 1. The molecule has 10 heteroatoms. The van der Waals surface area contributed by atoms with Crippen LogP contribution in [-0.2, 0) is 7.05 Å². The lowest BCUT2D eigenvalue weighted by Gasteiger charge is -2.32. The smallest absolute Gasteiger partial charge is 0.282 e. The van der Waals surface area contributed by atoms with Crippen LogP contribution >= 0.6 is 27.5 Å². The molecule has 0 unspecified atom stereocenters. The minimum Gasteiger partial charge on any atom is -0.337 e. The second kappa shape index (κ2) is 10.4. The molecular formula is C27H23BrClN5O3. The lowest BCUT2D eigenvalue weighted by atomic mass is 9.89. The first kappa shape index (κ1) is 25.1. The standard InChI is InChI=1S/C27H23BrClN5O3/c1-33-22-5-3-2-4-21(22)32-23(26(33)36)27(37)34-12-10-17(11-13-34)16-6-8-19(9-7-16)31-25(35)20-14-18(28)15-30-24(20)29/h2-9,14-15,17H,10-13H2,1H3,(H,31,35). The Morgan fingerprint density at radius 1 is 1.08 bits per heavy atom. The minimum absolute atomic E-state index is 0.0412. The van der Waals surface area contributed by atoms with Crippen molar-refractivity contribution in [1.82, 2.24) is 19.4 Å². The fraction of sp³-hybridized carbons (Fsp3) is 0.222. The van der Waals surface area contributed by atoms with Crippen LogP contribution in [0.2, 0.25) is 5.15 Å². The highest BCUT2D eigenvalue weighted by atomic mass is 79.9. The number of piperidine rings is 1. The van der Waals surface area contributed by atoms with Gasteiger partial charge in [0.1, 0.15) is 5.15 Å². The first-order valence-electron chi connectivity index (χ1n) is 11.8. The van der Waals surface area contributed by atoms with Gasteiger partial charge in [0, 0.05) is 36.5 Å². The molecule has 1 aliphatic rings. The van der Waals surface area contributed by atoms with Crippen LogP contribution in [0.5, 0.6) is 0 Å². The zero-order valence-corrected chi connectivity index (χ0v) is 22.3. The van der Waals surface area contributed by atoms with Crippen LogP contribution in [0.25, 0.3) is 11.0 Å². The molecule has 0 atom stereocenters. The van der Waals surface area contributed by atoms with Gasteiger partial charge < -0.3 is 14.8 Å². The normalized spacial score (nSPS) is 14.1. The number of aromatic nitrogens is 3. The molecular weight excluding hydrogens is 558 g/mol. The summed E-state index contributed by atoms with van der Waals surface area (Å²) in [4.78, 5) is 48.6. The van der Waals surface area contributed by atoms with Crippen LogP contribution in [0.15, 0.2) is 70.1 Å². The minimum atomic E-state index is -0.386. The van der Waals surface area contributed by atoms with E-state index in [9.17, 15) is 14.4 Å². The van der Waals surface area contributed by atoms with Crippen molar-refractivity contribution in [3.63, 3.8) is 0 Å². The number of nitrogens with zero attached hydrogens (tertiary/aromatic N) is 4. The van der Waals surface area contributed by atoms with Crippen LogP contribution in [-0.4, -0.2) is 44.3 Å². The van der Waals surface area contributed by atoms with Gasteiger partial charge in [0.05, 0.1) is 16.6 Å². The third-order valence-electron chi connectivity index (χ3n) is 6.66. The Labute approximate surface area is 226 Å². The zero-order valence-electron chi connectivity index (χ0n) is 19.9. The number of hydrogen-bond acceptors (Lipinski definition) is 5. The third-order valence-corrected chi connectivity index (χ3v) is 7.39. The second-order valence-electron chi connectivity index (χ2n) is 8.95. The summed E-state index contributed by atoms with van der Waals surface area (Å²) in [6.45, 7) is 1.07. The lowest BCUT2D eigenvalue weighted by Crippen LogP contribution is -2.41. The number of hydrogen-bond donors (Lipinski definition) is 1. The van der Waals surface area contributed by atoms with Crippen molar-refractivity contribution in [3.8, 4) is 0 Å². The summed E-state index contributed by atoms with van der Waals surface area (Å²) in [7, 11) is 1.66. The van der Waals surface area contributed by atoms with Gasteiger partial charge in [0.15, 0.2) is 5.69 Å². The number of pyridine rings is 1. The lowest BCUT2D eigenvalue weighted by molar-refractivity contribution is 0.0704. The van der Waals surface area contributed by atoms with Gasteiger partial charge in [-0.1, -0.05) is 35.9 Å². The van der Waals surface area contributed by atoms with Gasteiger partial charge in [-0.15, -0.1) is 0 Å². The van der Waals surface area contributed by atoms with E-state index in [1.807, 2.05) is 42.5 Å². The van der Waals surface area contributed by atoms with Crippen LogP contribution in [0, 0.1) is 0 Å². The molecule has 2 aromatic heterocycles. The highest BCUT2D eigenvalue weighted by molar-refractivity contribution is 9.10. The van der Waals surface area contributed by atoms with Crippen molar-refractivity contribution in [2.24, 2.45) is 7.05 Å². The fourth-order valence-corrected chi connectivity index (χ4v) is 5.12. The number of fused-ring (bicyclic) bond motifs is 1. The Morgan fingerprint density at radius 2 is 1.78 bits per heavy atom. The second-order valence-corrected chi connectivity index (χ2v) is 10.2. The molecule has 0 aliphatic carbocycles. The number of para-hydroxylation sites is 2. The molecule has 4 aromatic rings. The molecule has 0 radical (unpaired) electrons. The van der Waals surface area contributed by atoms with Crippen molar-refractivity contribution in [3.05, 3.63) is 97.6 Å². The number of halogens is 2. The third kappa shape index (κ3) is 5.14. The summed E-state index contributed by atoms with van der Waals surface area (Å²) in [6, 6.07) is 16.6. The molecule has 2 aromatic carbocycles. The van der Waals surface area contributed by atoms with E-state index in [1.165, 1.54) is 10.8 Å². The number of rotatable bonds is 4. The van der Waals surface area contributed by atoms with Gasteiger partial charge in [-0.3, -0.25) is 14.4 Å². The number of likely N-dealkylation sites (tertiary alicyclic amines) is 1. The Hall–Kier alpha value is -3.56. The van der Waals surface area contributed by atoms with Gasteiger partial charge in [0.2, 0.25) is 0 Å². The first-order chi connectivity index (χ1) is 17.8. The number of benzene rings is 2. The molecule has 0 spiro atoms. The highest BCUT2D eigenvalue weighted by Crippen LogP contribution is 2.29. The van der Waals surface area contributed by atoms with E-state index in [0.29, 0.717) is 34.3 Å². The Balaban J connectivity index is 1.23. The van der Waals surface area contributed by atoms with E-state index in [1.54, 1.807) is 24.1 Å². The number of carbonyl (C=O) groups excluding carboxylic acids is 2. The molecule has 5 rings (SSSR count). The predicted molar refractivity (Wildman–Crippen MR) is 146 cm³/mol. The van der Waals surface area contributed by atoms with Crippen molar-refractivity contribution in [2.75, 3.05) is 18.4 Å². The maximum Gasteiger partial charge on any atom is 0.282 e. The summed E-state index contributed by atoms with van der Waals surface area (Å²) in [5.74, 6) is -0.403. The van der Waals surface area contributed by atoms with Crippen LogP contribution < -0.4 is 10.9 Å². The van der Waals surface area contributed by atoms with Gasteiger partial charge in [-0.25, -0.2) is 9.97 Å². The molecule has 8 nitrogen and oxygen atoms in total. The van der Waals surface area contributed by atoms with Crippen LogP contribution in [0.1, 0.15) is 45.2 Å². The molecule has 1 aliphatic heterocycles. The van der Waals surface area contributed by atoms with Crippen molar-refractivity contribution in [2.45, 2.75) is 18.8 Å². The summed E-state index contributed by atoms with van der Waals surface area (Å²) in [6.07, 6.45) is 3.07. The SMILES string of the molecule is Cn1c(=O)c(C(=O)N2CCC(c3ccc(NC(=O)c4cc(Br)cnc4Cl)cc3)CC2)nc2ccccc21. The average molecular weight is 581 g/mol.